The first kappa shape index (κ1) is 20.4. The summed E-state index contributed by atoms with van der Waals surface area (Å²) in [7, 11) is 0. The van der Waals surface area contributed by atoms with Gasteiger partial charge in [-0.25, -0.2) is 0 Å². The van der Waals surface area contributed by atoms with Crippen molar-refractivity contribution in [2.75, 3.05) is 0 Å². The van der Waals surface area contributed by atoms with Crippen molar-refractivity contribution < 1.29 is 0 Å². The summed E-state index contributed by atoms with van der Waals surface area (Å²) in [6.45, 7) is 0. The maximum atomic E-state index is 6.12. The molecule has 1 heterocycles. The average molecular weight is 611 g/mol. The van der Waals surface area contributed by atoms with Crippen LogP contribution in [0, 0.1) is 0 Å². The summed E-state index contributed by atoms with van der Waals surface area (Å²) in [6.07, 6.45) is 0. The Balaban J connectivity index is 1.66. The summed E-state index contributed by atoms with van der Waals surface area (Å²) in [6, 6.07) is 25.4. The fourth-order valence-corrected chi connectivity index (χ4v) is 23.8. The van der Waals surface area contributed by atoms with Gasteiger partial charge in [0.25, 0.3) is 0 Å². The molecule has 1 aliphatic heterocycles. The summed E-state index contributed by atoms with van der Waals surface area (Å²) in [5.74, 6) is 0. The quantitative estimate of drug-likeness (QED) is 0.312. The summed E-state index contributed by atoms with van der Waals surface area (Å²) < 4.78 is 1.96. The third-order valence-corrected chi connectivity index (χ3v) is 18.7. The van der Waals surface area contributed by atoms with E-state index in [1.165, 1.54) is 16.7 Å². The van der Waals surface area contributed by atoms with Crippen LogP contribution < -0.4 is 0 Å². The van der Waals surface area contributed by atoms with E-state index >= 15 is 0 Å². The zero-order valence-electron chi connectivity index (χ0n) is 14.0. The Hall–Kier alpha value is 0.0884. The first-order chi connectivity index (χ1) is 13.1. The Morgan fingerprint density at radius 1 is 0.407 bits per heavy atom. The topological polar surface area (TPSA) is 0 Å². The molecular weight excluding hydrogens is 595 g/mol. The molecule has 3 aromatic carbocycles. The summed E-state index contributed by atoms with van der Waals surface area (Å²) in [4.78, 5) is 0. The van der Waals surface area contributed by atoms with Gasteiger partial charge in [0, 0.05) is 0 Å². The molecule has 0 nitrogen and oxygen atoms in total. The van der Waals surface area contributed by atoms with Crippen LogP contribution in [0.5, 0.6) is 0 Å². The SMILES string of the molecule is Clc1ccc(C2[Se]C(c3ccc(Cl)cc3)[Se]C(c3ccc(Cl)cc3)[Se]2)cc1. The van der Waals surface area contributed by atoms with Gasteiger partial charge in [-0.1, -0.05) is 0 Å². The Bertz CT molecular complexity index is 767. The molecule has 0 saturated carbocycles. The van der Waals surface area contributed by atoms with E-state index in [2.05, 4.69) is 36.4 Å². The van der Waals surface area contributed by atoms with E-state index in [9.17, 15) is 0 Å². The van der Waals surface area contributed by atoms with Gasteiger partial charge in [-0.3, -0.25) is 0 Å². The molecule has 138 valence electrons. The molecule has 1 saturated heterocycles. The normalized spacial score (nSPS) is 22.6. The van der Waals surface area contributed by atoms with E-state index in [4.69, 9.17) is 34.8 Å². The van der Waals surface area contributed by atoms with E-state index in [1.807, 2.05) is 36.4 Å². The van der Waals surface area contributed by atoms with E-state index in [-0.39, 0.29) is 0 Å². The molecule has 0 spiro atoms. The third-order valence-electron chi connectivity index (χ3n) is 4.17. The minimum absolute atomic E-state index is 0.532. The fraction of sp³-hybridized carbons (Fsp3) is 0.143. The van der Waals surface area contributed by atoms with Crippen LogP contribution in [-0.2, 0) is 0 Å². The van der Waals surface area contributed by atoms with Gasteiger partial charge in [0.15, 0.2) is 0 Å². The molecule has 0 amide bonds. The first-order valence-corrected chi connectivity index (χ1v) is 15.4. The van der Waals surface area contributed by atoms with Crippen LogP contribution in [-0.4, -0.2) is 44.9 Å². The van der Waals surface area contributed by atoms with Crippen LogP contribution in [0.15, 0.2) is 72.8 Å². The standard InChI is InChI=1S/C21H15Cl3Se3/c22-16-7-1-13(2-8-16)19-25-20(14-3-9-17(23)10-4-14)27-21(26-19)15-5-11-18(24)12-6-15/h1-12,19-21H. The fourth-order valence-electron chi connectivity index (χ4n) is 2.76. The average Bonchev–Trinajstić information content (AvgIpc) is 2.69. The van der Waals surface area contributed by atoms with E-state index in [1.54, 1.807) is 0 Å². The molecule has 27 heavy (non-hydrogen) atoms. The maximum absolute atomic E-state index is 6.12. The van der Waals surface area contributed by atoms with Gasteiger partial charge < -0.3 is 0 Å². The Labute approximate surface area is 193 Å². The van der Waals surface area contributed by atoms with Crippen molar-refractivity contribution in [2.24, 2.45) is 0 Å². The molecule has 0 radical (unpaired) electrons. The molecule has 0 aromatic heterocycles. The molecule has 4 rings (SSSR count). The summed E-state index contributed by atoms with van der Waals surface area (Å²) in [5.41, 5.74) is 4.31. The number of rotatable bonds is 3. The van der Waals surface area contributed by atoms with Gasteiger partial charge in [0.05, 0.1) is 0 Å². The molecule has 1 aliphatic rings. The number of hydrogen-bond donors (Lipinski definition) is 0. The van der Waals surface area contributed by atoms with Crippen molar-refractivity contribution in [3.63, 3.8) is 0 Å². The van der Waals surface area contributed by atoms with Crippen LogP contribution in [0.2, 0.25) is 15.1 Å². The number of benzene rings is 3. The second kappa shape index (κ2) is 9.27. The molecule has 0 atom stereocenters. The second-order valence-corrected chi connectivity index (χ2v) is 19.6. The predicted octanol–water partition coefficient (Wildman–Crippen LogP) is 6.17. The van der Waals surface area contributed by atoms with E-state index in [0.29, 0.717) is 56.0 Å². The van der Waals surface area contributed by atoms with E-state index < -0.39 is 0 Å². The van der Waals surface area contributed by atoms with Crippen LogP contribution in [0.25, 0.3) is 0 Å². The van der Waals surface area contributed by atoms with E-state index in [0.717, 1.165) is 15.1 Å². The van der Waals surface area contributed by atoms with Gasteiger partial charge in [-0.15, -0.1) is 0 Å². The van der Waals surface area contributed by atoms with Crippen LogP contribution in [0.4, 0.5) is 0 Å². The van der Waals surface area contributed by atoms with Gasteiger partial charge in [-0.2, -0.15) is 0 Å². The molecule has 1 fully saturated rings. The number of halogens is 3. The monoisotopic (exact) mass is 612 g/mol. The molecule has 0 bridgehead atoms. The molecule has 0 aliphatic carbocycles. The Kier molecular flexibility index (Phi) is 6.99. The summed E-state index contributed by atoms with van der Waals surface area (Å²) >= 11 is 19.9. The van der Waals surface area contributed by atoms with Gasteiger partial charge in [-0.05, 0) is 0 Å². The van der Waals surface area contributed by atoms with Crippen LogP contribution in [0.1, 0.15) is 27.8 Å². The first-order valence-electron chi connectivity index (χ1n) is 8.31. The zero-order chi connectivity index (χ0) is 18.8. The van der Waals surface area contributed by atoms with Crippen LogP contribution in [0.3, 0.4) is 0 Å². The van der Waals surface area contributed by atoms with Gasteiger partial charge >= 0.3 is 195 Å². The van der Waals surface area contributed by atoms with Crippen molar-refractivity contribution in [1.29, 1.82) is 0 Å². The summed E-state index contributed by atoms with van der Waals surface area (Å²) in [5, 5.41) is 2.42. The molecule has 6 heteroatoms. The molecule has 0 N–H and O–H groups in total. The third kappa shape index (κ3) is 5.17. The zero-order valence-corrected chi connectivity index (χ0v) is 21.4. The van der Waals surface area contributed by atoms with Crippen molar-refractivity contribution in [2.45, 2.75) is 11.1 Å². The Morgan fingerprint density at radius 2 is 0.630 bits per heavy atom. The van der Waals surface area contributed by atoms with Crippen molar-refractivity contribution in [3.05, 3.63) is 105 Å². The van der Waals surface area contributed by atoms with Crippen molar-refractivity contribution >= 4 is 79.7 Å². The predicted molar refractivity (Wildman–Crippen MR) is 120 cm³/mol. The molecule has 0 unspecified atom stereocenters. The van der Waals surface area contributed by atoms with Crippen molar-refractivity contribution in [3.8, 4) is 0 Å². The van der Waals surface area contributed by atoms with Crippen LogP contribution >= 0.6 is 34.8 Å². The second-order valence-electron chi connectivity index (χ2n) is 6.06. The van der Waals surface area contributed by atoms with Gasteiger partial charge in [0.1, 0.15) is 0 Å². The minimum atomic E-state index is 0.532. The molecule has 3 aromatic rings. The Morgan fingerprint density at radius 3 is 0.852 bits per heavy atom. The molecular formula is C21H15Cl3Se3. The number of hydrogen-bond acceptors (Lipinski definition) is 0. The van der Waals surface area contributed by atoms with Crippen molar-refractivity contribution in [1.82, 2.24) is 0 Å². The van der Waals surface area contributed by atoms with Gasteiger partial charge in [0.2, 0.25) is 0 Å².